The van der Waals surface area contributed by atoms with Gasteiger partial charge in [0.1, 0.15) is 6.10 Å². The van der Waals surface area contributed by atoms with E-state index in [9.17, 15) is 33.0 Å². The van der Waals surface area contributed by atoms with E-state index in [4.69, 9.17) is 5.11 Å². The lowest BCUT2D eigenvalue weighted by molar-refractivity contribution is -0.147. The first kappa shape index (κ1) is 18.9. The molecule has 2 atom stereocenters. The van der Waals surface area contributed by atoms with Crippen molar-refractivity contribution in [3.8, 4) is 0 Å². The molecule has 0 saturated heterocycles. The van der Waals surface area contributed by atoms with Crippen molar-refractivity contribution in [3.05, 3.63) is 34.9 Å². The lowest BCUT2D eigenvalue weighted by atomic mass is 9.95. The van der Waals surface area contributed by atoms with Gasteiger partial charge in [-0.15, -0.1) is 0 Å². The van der Waals surface area contributed by atoms with Crippen LogP contribution in [0.15, 0.2) is 18.2 Å². The molecule has 0 aliphatic heterocycles. The van der Waals surface area contributed by atoms with Crippen LogP contribution in [0.4, 0.5) is 13.2 Å². The fraction of sp³-hybridized carbons (Fsp3) is 0.429. The smallest absolute Gasteiger partial charge is 0.416 e. The molecule has 0 radical (unpaired) electrons. The van der Waals surface area contributed by atoms with Gasteiger partial charge in [-0.05, 0) is 30.7 Å². The van der Waals surface area contributed by atoms with Crippen molar-refractivity contribution in [3.63, 3.8) is 0 Å². The van der Waals surface area contributed by atoms with Crippen molar-refractivity contribution in [2.24, 2.45) is 0 Å². The number of aromatic carboxylic acids is 1. The van der Waals surface area contributed by atoms with Crippen molar-refractivity contribution in [2.75, 3.05) is 6.61 Å². The van der Waals surface area contributed by atoms with Crippen LogP contribution in [0.3, 0.4) is 0 Å². The molecule has 2 unspecified atom stereocenters. The normalized spacial score (nSPS) is 14.2. The number of ether oxygens (including phenoxy) is 1. The Morgan fingerprint density at radius 2 is 1.87 bits per heavy atom. The molecule has 0 amide bonds. The largest absolute Gasteiger partial charge is 0.478 e. The van der Waals surface area contributed by atoms with E-state index in [1.807, 2.05) is 0 Å². The first-order chi connectivity index (χ1) is 10.6. The summed E-state index contributed by atoms with van der Waals surface area (Å²) in [6, 6.07) is 1.67. The van der Waals surface area contributed by atoms with Crippen LogP contribution in [0, 0.1) is 0 Å². The number of carbonyl (C=O) groups is 2. The number of halogens is 3. The van der Waals surface area contributed by atoms with Gasteiger partial charge >= 0.3 is 18.1 Å². The first-order valence-corrected chi connectivity index (χ1v) is 6.54. The van der Waals surface area contributed by atoms with E-state index < -0.39 is 53.4 Å². The fourth-order valence-corrected chi connectivity index (χ4v) is 1.89. The van der Waals surface area contributed by atoms with E-state index in [0.717, 1.165) is 0 Å². The zero-order valence-corrected chi connectivity index (χ0v) is 12.0. The van der Waals surface area contributed by atoms with E-state index in [2.05, 4.69) is 4.74 Å². The van der Waals surface area contributed by atoms with E-state index in [0.29, 0.717) is 18.2 Å². The predicted octanol–water partition coefficient (Wildman–Crippen LogP) is 1.75. The average molecular weight is 336 g/mol. The summed E-state index contributed by atoms with van der Waals surface area (Å²) in [7, 11) is 0. The van der Waals surface area contributed by atoms with Gasteiger partial charge in [0.25, 0.3) is 0 Å². The number of alkyl halides is 3. The zero-order valence-electron chi connectivity index (χ0n) is 12.0. The molecule has 3 N–H and O–H groups in total. The minimum atomic E-state index is -4.75. The maximum atomic E-state index is 12.7. The van der Waals surface area contributed by atoms with E-state index in [1.54, 1.807) is 0 Å². The Morgan fingerprint density at radius 1 is 1.26 bits per heavy atom. The molecule has 0 bridgehead atoms. The maximum Gasteiger partial charge on any atom is 0.416 e. The van der Waals surface area contributed by atoms with Crippen LogP contribution in [0.2, 0.25) is 0 Å². The second-order valence-electron chi connectivity index (χ2n) is 4.63. The predicted molar refractivity (Wildman–Crippen MR) is 70.6 cm³/mol. The molecule has 0 fully saturated rings. The van der Waals surface area contributed by atoms with Gasteiger partial charge in [-0.25, -0.2) is 4.79 Å². The highest BCUT2D eigenvalue weighted by Gasteiger charge is 2.34. The molecule has 23 heavy (non-hydrogen) atoms. The van der Waals surface area contributed by atoms with Crippen molar-refractivity contribution in [1.82, 2.24) is 0 Å². The summed E-state index contributed by atoms with van der Waals surface area (Å²) >= 11 is 0. The van der Waals surface area contributed by atoms with Crippen molar-refractivity contribution in [2.45, 2.75) is 31.7 Å². The minimum Gasteiger partial charge on any atom is -0.478 e. The Labute approximate surface area is 129 Å². The average Bonchev–Trinajstić information content (AvgIpc) is 2.44. The molecule has 128 valence electrons. The van der Waals surface area contributed by atoms with Gasteiger partial charge in [0.2, 0.25) is 0 Å². The molecule has 0 aromatic heterocycles. The van der Waals surface area contributed by atoms with Crippen molar-refractivity contribution < 1.29 is 42.8 Å². The number of carboxylic acid groups (broad SMARTS) is 1. The second kappa shape index (κ2) is 7.42. The summed E-state index contributed by atoms with van der Waals surface area (Å²) in [5, 5.41) is 28.7. The molecular formula is C14H15F3O6. The number of benzene rings is 1. The number of hydrogen-bond acceptors (Lipinski definition) is 5. The summed E-state index contributed by atoms with van der Waals surface area (Å²) in [5.41, 5.74) is -2.42. The highest BCUT2D eigenvalue weighted by molar-refractivity contribution is 5.89. The highest BCUT2D eigenvalue weighted by Crippen LogP contribution is 2.33. The van der Waals surface area contributed by atoms with Crippen molar-refractivity contribution in [1.29, 1.82) is 0 Å². The van der Waals surface area contributed by atoms with Gasteiger partial charge in [-0.2, -0.15) is 13.2 Å². The lowest BCUT2D eigenvalue weighted by Crippen LogP contribution is -2.25. The SMILES string of the molecule is CCOC(=O)CC(O)C(O)c1cc(C(F)(F)F)ccc1C(=O)O. The quantitative estimate of drug-likeness (QED) is 0.684. The highest BCUT2D eigenvalue weighted by atomic mass is 19.4. The van der Waals surface area contributed by atoms with Crippen LogP contribution >= 0.6 is 0 Å². The van der Waals surface area contributed by atoms with Crippen LogP contribution in [-0.4, -0.2) is 40.0 Å². The number of carbonyl (C=O) groups excluding carboxylic acids is 1. The van der Waals surface area contributed by atoms with Crippen molar-refractivity contribution >= 4 is 11.9 Å². The Morgan fingerprint density at radius 3 is 2.35 bits per heavy atom. The van der Waals surface area contributed by atoms with Crippen LogP contribution in [-0.2, 0) is 15.7 Å². The standard InChI is InChI=1S/C14H15F3O6/c1-2-23-11(19)6-10(18)12(20)9-5-7(14(15,16)17)3-4-8(9)13(21)22/h3-5,10,12,18,20H,2,6H2,1H3,(H,21,22). The van der Waals surface area contributed by atoms with Gasteiger partial charge in [0.05, 0.1) is 30.3 Å². The maximum absolute atomic E-state index is 12.7. The van der Waals surface area contributed by atoms with Gasteiger partial charge in [-0.3, -0.25) is 4.79 Å². The third-order valence-corrected chi connectivity index (χ3v) is 2.97. The van der Waals surface area contributed by atoms with Crippen LogP contribution in [0.1, 0.15) is 40.9 Å². The number of esters is 1. The molecule has 1 aromatic rings. The first-order valence-electron chi connectivity index (χ1n) is 6.54. The third-order valence-electron chi connectivity index (χ3n) is 2.97. The molecule has 9 heteroatoms. The molecule has 0 aliphatic carbocycles. The summed E-state index contributed by atoms with van der Waals surface area (Å²) < 4.78 is 42.7. The molecule has 1 rings (SSSR count). The Kier molecular flexibility index (Phi) is 6.11. The summed E-state index contributed by atoms with van der Waals surface area (Å²) in [4.78, 5) is 22.3. The van der Waals surface area contributed by atoms with Crippen LogP contribution in [0.5, 0.6) is 0 Å². The fourth-order valence-electron chi connectivity index (χ4n) is 1.89. The summed E-state index contributed by atoms with van der Waals surface area (Å²) in [6.45, 7) is 1.53. The number of aliphatic hydroxyl groups excluding tert-OH is 2. The molecule has 6 nitrogen and oxygen atoms in total. The molecule has 1 aromatic carbocycles. The summed E-state index contributed by atoms with van der Waals surface area (Å²) in [6.07, 6.45) is -9.24. The number of carboxylic acids is 1. The third kappa shape index (κ3) is 4.93. The van der Waals surface area contributed by atoms with E-state index in [1.165, 1.54) is 6.92 Å². The second-order valence-corrected chi connectivity index (χ2v) is 4.63. The molecule has 0 saturated carbocycles. The summed E-state index contributed by atoms with van der Waals surface area (Å²) in [5.74, 6) is -2.45. The molecule has 0 heterocycles. The van der Waals surface area contributed by atoms with Gasteiger partial charge < -0.3 is 20.1 Å². The Bertz CT molecular complexity index is 584. The molecule has 0 aliphatic rings. The number of rotatable bonds is 6. The Balaban J connectivity index is 3.16. The topological polar surface area (TPSA) is 104 Å². The van der Waals surface area contributed by atoms with E-state index in [-0.39, 0.29) is 6.61 Å². The van der Waals surface area contributed by atoms with E-state index >= 15 is 0 Å². The monoisotopic (exact) mass is 336 g/mol. The zero-order chi connectivity index (χ0) is 17.8. The van der Waals surface area contributed by atoms with Crippen LogP contribution < -0.4 is 0 Å². The number of hydrogen-bond donors (Lipinski definition) is 3. The van der Waals surface area contributed by atoms with Crippen LogP contribution in [0.25, 0.3) is 0 Å². The van der Waals surface area contributed by atoms with Gasteiger partial charge in [0, 0.05) is 0 Å². The minimum absolute atomic E-state index is 0.0194. The van der Waals surface area contributed by atoms with Gasteiger partial charge in [0.15, 0.2) is 0 Å². The molecule has 0 spiro atoms. The number of aliphatic hydroxyl groups is 2. The molecular weight excluding hydrogens is 321 g/mol. The Hall–Kier alpha value is -2.13. The van der Waals surface area contributed by atoms with Gasteiger partial charge in [-0.1, -0.05) is 0 Å². The lowest BCUT2D eigenvalue weighted by Gasteiger charge is -2.20.